The average molecular weight is 385 g/mol. The van der Waals surface area contributed by atoms with Gasteiger partial charge in [0.1, 0.15) is 18.2 Å². The maximum Gasteiger partial charge on any atom is 0.129 e. The molecule has 0 bridgehead atoms. The first-order chi connectivity index (χ1) is 14.2. The molecule has 4 aromatic rings. The molecule has 3 heteroatoms. The van der Waals surface area contributed by atoms with Crippen LogP contribution in [0.2, 0.25) is 0 Å². The normalized spacial score (nSPS) is 11.0. The van der Waals surface area contributed by atoms with E-state index < -0.39 is 0 Å². The third kappa shape index (κ3) is 4.64. The fourth-order valence-electron chi connectivity index (χ4n) is 3.44. The second kappa shape index (κ2) is 8.89. The summed E-state index contributed by atoms with van der Waals surface area (Å²) >= 11 is 0. The Kier molecular flexibility index (Phi) is 5.87. The molecule has 0 atom stereocenters. The molecule has 0 saturated carbocycles. The lowest BCUT2D eigenvalue weighted by Gasteiger charge is -2.15. The minimum absolute atomic E-state index is 0.204. The van der Waals surface area contributed by atoms with E-state index >= 15 is 0 Å². The highest BCUT2D eigenvalue weighted by Gasteiger charge is 2.10. The molecule has 0 aliphatic heterocycles. The molecular formula is C26H24FNO. The molecule has 4 aromatic carbocycles. The minimum atomic E-state index is -0.243. The van der Waals surface area contributed by atoms with Gasteiger partial charge in [-0.15, -0.1) is 0 Å². The van der Waals surface area contributed by atoms with E-state index in [1.54, 1.807) is 12.1 Å². The maximum absolute atomic E-state index is 14.0. The topological polar surface area (TPSA) is 21.3 Å². The molecule has 0 saturated heterocycles. The molecule has 0 radical (unpaired) electrons. The van der Waals surface area contributed by atoms with E-state index in [1.807, 2.05) is 24.3 Å². The summed E-state index contributed by atoms with van der Waals surface area (Å²) in [5, 5.41) is 5.84. The van der Waals surface area contributed by atoms with Crippen LogP contribution in [0.25, 0.3) is 10.8 Å². The van der Waals surface area contributed by atoms with Crippen LogP contribution in [0.5, 0.6) is 5.75 Å². The van der Waals surface area contributed by atoms with Crippen molar-refractivity contribution in [2.24, 2.45) is 0 Å². The second-order valence-electron chi connectivity index (χ2n) is 7.23. The zero-order valence-corrected chi connectivity index (χ0v) is 16.5. The van der Waals surface area contributed by atoms with Crippen LogP contribution in [0.4, 0.5) is 4.39 Å². The van der Waals surface area contributed by atoms with E-state index in [4.69, 9.17) is 4.74 Å². The molecule has 2 nitrogen and oxygen atoms in total. The van der Waals surface area contributed by atoms with Gasteiger partial charge in [0.15, 0.2) is 0 Å². The lowest BCUT2D eigenvalue weighted by Crippen LogP contribution is -2.14. The first kappa shape index (κ1) is 19.2. The first-order valence-corrected chi connectivity index (χ1v) is 9.84. The van der Waals surface area contributed by atoms with Gasteiger partial charge in [0, 0.05) is 24.2 Å². The number of rotatable bonds is 7. The predicted octanol–water partition coefficient (Wildman–Crippen LogP) is 6.16. The fraction of sp³-hybridized carbons (Fsp3) is 0.154. The molecule has 0 unspecified atom stereocenters. The Balaban J connectivity index is 1.55. The molecule has 146 valence electrons. The van der Waals surface area contributed by atoms with Crippen molar-refractivity contribution in [3.63, 3.8) is 0 Å². The molecule has 0 aromatic heterocycles. The quantitative estimate of drug-likeness (QED) is 0.412. The van der Waals surface area contributed by atoms with Crippen LogP contribution >= 0.6 is 0 Å². The molecular weight excluding hydrogens is 361 g/mol. The van der Waals surface area contributed by atoms with E-state index in [9.17, 15) is 4.39 Å². The monoisotopic (exact) mass is 385 g/mol. The summed E-state index contributed by atoms with van der Waals surface area (Å²) in [7, 11) is 0. The second-order valence-corrected chi connectivity index (χ2v) is 7.23. The Morgan fingerprint density at radius 2 is 1.55 bits per heavy atom. The molecule has 0 spiro atoms. The van der Waals surface area contributed by atoms with Crippen LogP contribution in [0.15, 0.2) is 84.9 Å². The van der Waals surface area contributed by atoms with Crippen molar-refractivity contribution in [2.45, 2.75) is 26.6 Å². The van der Waals surface area contributed by atoms with Crippen LogP contribution in [-0.2, 0) is 19.7 Å². The Hall–Kier alpha value is -3.17. The Labute approximate surface area is 171 Å². The highest BCUT2D eigenvalue weighted by molar-refractivity contribution is 5.87. The van der Waals surface area contributed by atoms with Gasteiger partial charge in [0.2, 0.25) is 0 Å². The van der Waals surface area contributed by atoms with Gasteiger partial charge in [-0.1, -0.05) is 78.4 Å². The van der Waals surface area contributed by atoms with Crippen molar-refractivity contribution in [3.05, 3.63) is 113 Å². The summed E-state index contributed by atoms with van der Waals surface area (Å²) in [6.07, 6.45) is 0. The molecule has 0 aliphatic rings. The number of ether oxygens (including phenoxy) is 1. The number of hydrogen-bond donors (Lipinski definition) is 1. The lowest BCUT2D eigenvalue weighted by atomic mass is 10.0. The summed E-state index contributed by atoms with van der Waals surface area (Å²) in [5.74, 6) is 0.538. The number of aryl methyl sites for hydroxylation is 1. The van der Waals surface area contributed by atoms with Crippen molar-refractivity contribution in [2.75, 3.05) is 0 Å². The Morgan fingerprint density at radius 1 is 0.793 bits per heavy atom. The van der Waals surface area contributed by atoms with Crippen LogP contribution in [0.1, 0.15) is 22.3 Å². The van der Waals surface area contributed by atoms with Gasteiger partial charge in [-0.3, -0.25) is 0 Å². The number of halogens is 1. The standard InChI is InChI=1S/C26H24FNO/c1-19-10-12-20(13-11-19)16-28-17-24-23-8-4-2-6-21(23)14-15-26(24)29-18-22-7-3-5-9-25(22)27/h2-15,28H,16-18H2,1H3. The lowest BCUT2D eigenvalue weighted by molar-refractivity contribution is 0.296. The molecule has 29 heavy (non-hydrogen) atoms. The summed E-state index contributed by atoms with van der Waals surface area (Å²) in [6.45, 7) is 3.74. The first-order valence-electron chi connectivity index (χ1n) is 9.84. The largest absolute Gasteiger partial charge is 0.488 e. The van der Waals surface area contributed by atoms with E-state index in [2.05, 4.69) is 54.7 Å². The number of nitrogens with one attached hydrogen (secondary N) is 1. The molecule has 0 fully saturated rings. The van der Waals surface area contributed by atoms with Crippen LogP contribution in [0, 0.1) is 12.7 Å². The van der Waals surface area contributed by atoms with Gasteiger partial charge >= 0.3 is 0 Å². The number of hydrogen-bond acceptors (Lipinski definition) is 2. The highest BCUT2D eigenvalue weighted by Crippen LogP contribution is 2.29. The van der Waals surface area contributed by atoms with Gasteiger partial charge in [0.05, 0.1) is 0 Å². The molecule has 0 aliphatic carbocycles. The predicted molar refractivity (Wildman–Crippen MR) is 116 cm³/mol. The molecule has 1 N–H and O–H groups in total. The van der Waals surface area contributed by atoms with E-state index in [1.165, 1.54) is 17.2 Å². The van der Waals surface area contributed by atoms with Gasteiger partial charge < -0.3 is 10.1 Å². The zero-order chi connectivity index (χ0) is 20.1. The molecule has 4 rings (SSSR count). The van der Waals surface area contributed by atoms with Crippen molar-refractivity contribution < 1.29 is 9.13 Å². The van der Waals surface area contributed by atoms with Gasteiger partial charge in [-0.2, -0.15) is 0 Å². The SMILES string of the molecule is Cc1ccc(CNCc2c(OCc3ccccc3F)ccc3ccccc23)cc1. The Morgan fingerprint density at radius 3 is 2.38 bits per heavy atom. The fourth-order valence-corrected chi connectivity index (χ4v) is 3.44. The average Bonchev–Trinajstić information content (AvgIpc) is 2.75. The summed E-state index contributed by atoms with van der Waals surface area (Å²) in [4.78, 5) is 0. The van der Waals surface area contributed by atoms with Crippen LogP contribution in [-0.4, -0.2) is 0 Å². The van der Waals surface area contributed by atoms with E-state index in [0.717, 1.165) is 28.6 Å². The summed E-state index contributed by atoms with van der Waals surface area (Å²) in [6, 6.07) is 27.6. The zero-order valence-electron chi connectivity index (χ0n) is 16.5. The third-order valence-corrected chi connectivity index (χ3v) is 5.09. The van der Waals surface area contributed by atoms with Gasteiger partial charge in [-0.05, 0) is 35.4 Å². The van der Waals surface area contributed by atoms with Crippen LogP contribution in [0.3, 0.4) is 0 Å². The van der Waals surface area contributed by atoms with Gasteiger partial charge in [-0.25, -0.2) is 4.39 Å². The third-order valence-electron chi connectivity index (χ3n) is 5.09. The number of benzene rings is 4. The van der Waals surface area contributed by atoms with Gasteiger partial charge in [0.25, 0.3) is 0 Å². The van der Waals surface area contributed by atoms with E-state index in [0.29, 0.717) is 12.1 Å². The van der Waals surface area contributed by atoms with Crippen molar-refractivity contribution >= 4 is 10.8 Å². The van der Waals surface area contributed by atoms with Crippen molar-refractivity contribution in [1.82, 2.24) is 5.32 Å². The maximum atomic E-state index is 14.0. The summed E-state index contributed by atoms with van der Waals surface area (Å²) < 4.78 is 20.0. The smallest absolute Gasteiger partial charge is 0.129 e. The molecule has 0 amide bonds. The minimum Gasteiger partial charge on any atom is -0.488 e. The van der Waals surface area contributed by atoms with Crippen molar-refractivity contribution in [1.29, 1.82) is 0 Å². The Bertz CT molecular complexity index is 1110. The van der Waals surface area contributed by atoms with Crippen LogP contribution < -0.4 is 10.1 Å². The number of fused-ring (bicyclic) bond motifs is 1. The highest BCUT2D eigenvalue weighted by atomic mass is 19.1. The van der Waals surface area contributed by atoms with E-state index in [-0.39, 0.29) is 12.4 Å². The summed E-state index contributed by atoms with van der Waals surface area (Å²) in [5.41, 5.74) is 4.14. The van der Waals surface area contributed by atoms with Crippen molar-refractivity contribution in [3.8, 4) is 5.75 Å². The molecule has 0 heterocycles.